The number of rotatable bonds is 4. The molecule has 0 radical (unpaired) electrons. The predicted molar refractivity (Wildman–Crippen MR) is 84.4 cm³/mol. The highest BCUT2D eigenvalue weighted by atomic mass is 35.5. The van der Waals surface area contributed by atoms with E-state index in [1.807, 2.05) is 36.9 Å². The number of benzene rings is 1. The summed E-state index contributed by atoms with van der Waals surface area (Å²) in [5.41, 5.74) is 3.38. The predicted octanol–water partition coefficient (Wildman–Crippen LogP) is 4.45. The molecule has 1 aromatic carbocycles. The molecule has 1 N–H and O–H groups in total. The Morgan fingerprint density at radius 2 is 1.85 bits per heavy atom. The highest BCUT2D eigenvalue weighted by Gasteiger charge is 2.15. The van der Waals surface area contributed by atoms with E-state index >= 15 is 0 Å². The van der Waals surface area contributed by atoms with Crippen molar-refractivity contribution in [1.82, 2.24) is 15.1 Å². The molecule has 0 saturated heterocycles. The van der Waals surface area contributed by atoms with Crippen molar-refractivity contribution in [3.63, 3.8) is 0 Å². The summed E-state index contributed by atoms with van der Waals surface area (Å²) in [5.74, 6) is 0. The first-order valence-electron chi connectivity index (χ1n) is 6.59. The first-order valence-corrected chi connectivity index (χ1v) is 7.35. The number of nitrogens with zero attached hydrogens (tertiary/aromatic N) is 2. The van der Waals surface area contributed by atoms with E-state index in [1.165, 1.54) is 5.56 Å². The van der Waals surface area contributed by atoms with Crippen LogP contribution in [-0.2, 0) is 7.05 Å². The molecule has 108 valence electrons. The van der Waals surface area contributed by atoms with E-state index in [0.29, 0.717) is 10.0 Å². The van der Waals surface area contributed by atoms with E-state index in [1.54, 1.807) is 0 Å². The molecule has 2 rings (SSSR count). The van der Waals surface area contributed by atoms with Crippen molar-refractivity contribution in [1.29, 1.82) is 0 Å². The van der Waals surface area contributed by atoms with Gasteiger partial charge in [0.05, 0.1) is 15.7 Å². The van der Waals surface area contributed by atoms with Crippen molar-refractivity contribution < 1.29 is 0 Å². The molecule has 2 atom stereocenters. The lowest BCUT2D eigenvalue weighted by Gasteiger charge is -2.20. The van der Waals surface area contributed by atoms with Crippen LogP contribution in [0, 0.1) is 6.92 Å². The fourth-order valence-electron chi connectivity index (χ4n) is 2.39. The molecule has 0 saturated carbocycles. The van der Waals surface area contributed by atoms with Gasteiger partial charge in [-0.05, 0) is 38.5 Å². The minimum atomic E-state index is 0.180. The SMILES string of the molecule is Cc1nn(C)cc1C(C)NC(C)c1ccc(Cl)c(Cl)c1. The van der Waals surface area contributed by atoms with E-state index in [0.717, 1.165) is 11.3 Å². The number of hydrogen-bond donors (Lipinski definition) is 1. The molecular weight excluding hydrogens is 293 g/mol. The summed E-state index contributed by atoms with van der Waals surface area (Å²) in [6.45, 7) is 6.27. The normalized spacial score (nSPS) is 14.3. The molecular formula is C15H19Cl2N3. The Bertz CT molecular complexity index is 607. The summed E-state index contributed by atoms with van der Waals surface area (Å²) in [5, 5.41) is 9.10. The molecule has 3 nitrogen and oxygen atoms in total. The molecule has 1 aromatic heterocycles. The number of nitrogens with one attached hydrogen (secondary N) is 1. The van der Waals surface area contributed by atoms with Crippen LogP contribution in [0.25, 0.3) is 0 Å². The monoisotopic (exact) mass is 311 g/mol. The smallest absolute Gasteiger partial charge is 0.0641 e. The van der Waals surface area contributed by atoms with Crippen molar-refractivity contribution in [2.45, 2.75) is 32.9 Å². The molecule has 0 fully saturated rings. The lowest BCUT2D eigenvalue weighted by atomic mass is 10.0. The van der Waals surface area contributed by atoms with Crippen LogP contribution in [-0.4, -0.2) is 9.78 Å². The standard InChI is InChI=1S/C15H19Cl2N3/c1-9(12-5-6-14(16)15(17)7-12)18-10(2)13-8-20(4)19-11(13)3/h5-10,18H,1-4H3. The van der Waals surface area contributed by atoms with Crippen molar-refractivity contribution >= 4 is 23.2 Å². The number of aromatic nitrogens is 2. The molecule has 2 aromatic rings. The Balaban J connectivity index is 2.12. The average molecular weight is 312 g/mol. The van der Waals surface area contributed by atoms with E-state index < -0.39 is 0 Å². The zero-order chi connectivity index (χ0) is 14.9. The minimum Gasteiger partial charge on any atom is -0.304 e. The van der Waals surface area contributed by atoms with Gasteiger partial charge in [0.25, 0.3) is 0 Å². The summed E-state index contributed by atoms with van der Waals surface area (Å²) in [6, 6.07) is 6.13. The van der Waals surface area contributed by atoms with Crippen molar-refractivity contribution in [3.8, 4) is 0 Å². The Hall–Kier alpha value is -1.03. The summed E-state index contributed by atoms with van der Waals surface area (Å²) in [4.78, 5) is 0. The van der Waals surface area contributed by atoms with Gasteiger partial charge in [-0.25, -0.2) is 0 Å². The third kappa shape index (κ3) is 3.35. The van der Waals surface area contributed by atoms with E-state index in [4.69, 9.17) is 23.2 Å². The van der Waals surface area contributed by atoms with Gasteiger partial charge in [0.1, 0.15) is 0 Å². The molecule has 0 aliphatic rings. The van der Waals surface area contributed by atoms with Crippen molar-refractivity contribution in [2.75, 3.05) is 0 Å². The lowest BCUT2D eigenvalue weighted by Crippen LogP contribution is -2.22. The Morgan fingerprint density at radius 3 is 2.40 bits per heavy atom. The highest BCUT2D eigenvalue weighted by molar-refractivity contribution is 6.42. The van der Waals surface area contributed by atoms with Gasteiger partial charge in [-0.2, -0.15) is 5.10 Å². The van der Waals surface area contributed by atoms with Gasteiger partial charge < -0.3 is 5.32 Å². The maximum absolute atomic E-state index is 6.07. The van der Waals surface area contributed by atoms with Gasteiger partial charge in [-0.1, -0.05) is 29.3 Å². The van der Waals surface area contributed by atoms with Gasteiger partial charge in [0.15, 0.2) is 0 Å². The van der Waals surface area contributed by atoms with Gasteiger partial charge in [0, 0.05) is 30.9 Å². The van der Waals surface area contributed by atoms with Gasteiger partial charge in [-0.15, -0.1) is 0 Å². The Labute approximate surface area is 129 Å². The summed E-state index contributed by atoms with van der Waals surface area (Å²) >= 11 is 12.0. The zero-order valence-electron chi connectivity index (χ0n) is 12.1. The highest BCUT2D eigenvalue weighted by Crippen LogP contribution is 2.27. The van der Waals surface area contributed by atoms with Crippen molar-refractivity contribution in [3.05, 3.63) is 51.3 Å². The lowest BCUT2D eigenvalue weighted by molar-refractivity contribution is 0.493. The number of aryl methyl sites for hydroxylation is 2. The fraction of sp³-hybridized carbons (Fsp3) is 0.400. The third-order valence-corrected chi connectivity index (χ3v) is 4.20. The number of halogens is 2. The van der Waals surface area contributed by atoms with Crippen LogP contribution in [0.4, 0.5) is 0 Å². The van der Waals surface area contributed by atoms with Crippen LogP contribution in [0.3, 0.4) is 0 Å². The van der Waals surface area contributed by atoms with Crippen LogP contribution in [0.1, 0.15) is 42.8 Å². The third-order valence-electron chi connectivity index (χ3n) is 3.46. The maximum Gasteiger partial charge on any atom is 0.0641 e. The summed E-state index contributed by atoms with van der Waals surface area (Å²) < 4.78 is 1.84. The summed E-state index contributed by atoms with van der Waals surface area (Å²) in [6.07, 6.45) is 2.05. The summed E-state index contributed by atoms with van der Waals surface area (Å²) in [7, 11) is 1.94. The Morgan fingerprint density at radius 1 is 1.15 bits per heavy atom. The first kappa shape index (κ1) is 15.4. The molecule has 5 heteroatoms. The molecule has 0 aliphatic heterocycles. The van der Waals surface area contributed by atoms with Crippen LogP contribution in [0.5, 0.6) is 0 Å². The first-order chi connectivity index (χ1) is 9.38. The van der Waals surface area contributed by atoms with E-state index in [-0.39, 0.29) is 12.1 Å². The maximum atomic E-state index is 6.07. The minimum absolute atomic E-state index is 0.180. The molecule has 0 amide bonds. The van der Waals surface area contributed by atoms with Gasteiger partial charge >= 0.3 is 0 Å². The molecule has 0 spiro atoms. The quantitative estimate of drug-likeness (QED) is 0.904. The molecule has 2 unspecified atom stereocenters. The van der Waals surface area contributed by atoms with Crippen LogP contribution in [0.2, 0.25) is 10.0 Å². The second kappa shape index (κ2) is 6.17. The van der Waals surface area contributed by atoms with E-state index in [9.17, 15) is 0 Å². The van der Waals surface area contributed by atoms with Crippen LogP contribution in [0.15, 0.2) is 24.4 Å². The van der Waals surface area contributed by atoms with Crippen LogP contribution < -0.4 is 5.32 Å². The fourth-order valence-corrected chi connectivity index (χ4v) is 2.69. The molecule has 0 aliphatic carbocycles. The van der Waals surface area contributed by atoms with Gasteiger partial charge in [0.2, 0.25) is 0 Å². The zero-order valence-corrected chi connectivity index (χ0v) is 13.6. The van der Waals surface area contributed by atoms with Crippen LogP contribution >= 0.6 is 23.2 Å². The second-order valence-electron chi connectivity index (χ2n) is 5.13. The second-order valence-corrected chi connectivity index (χ2v) is 5.94. The Kier molecular flexibility index (Phi) is 4.74. The molecule has 20 heavy (non-hydrogen) atoms. The largest absolute Gasteiger partial charge is 0.304 e. The topological polar surface area (TPSA) is 29.9 Å². The van der Waals surface area contributed by atoms with Gasteiger partial charge in [-0.3, -0.25) is 4.68 Å². The van der Waals surface area contributed by atoms with E-state index in [2.05, 4.69) is 30.5 Å². The number of hydrogen-bond acceptors (Lipinski definition) is 2. The molecule has 1 heterocycles. The van der Waals surface area contributed by atoms with Crippen molar-refractivity contribution in [2.24, 2.45) is 7.05 Å². The average Bonchev–Trinajstić information content (AvgIpc) is 2.71. The molecule has 0 bridgehead atoms.